The number of carbonyl (C=O) groups excluding carboxylic acids is 2. The van der Waals surface area contributed by atoms with Crippen LogP contribution in [-0.2, 0) is 4.79 Å². The minimum absolute atomic E-state index is 0. The molecular weight excluding hydrogens is 398 g/mol. The summed E-state index contributed by atoms with van der Waals surface area (Å²) in [6.45, 7) is 1.20. The highest BCUT2D eigenvalue weighted by Crippen LogP contribution is 2.23. The summed E-state index contributed by atoms with van der Waals surface area (Å²) in [6.07, 6.45) is 1.72. The van der Waals surface area contributed by atoms with E-state index in [2.05, 4.69) is 10.6 Å². The van der Waals surface area contributed by atoms with Crippen LogP contribution in [0.15, 0.2) is 53.4 Å². The number of carbonyl (C=O) groups is 2. The molecule has 0 saturated heterocycles. The van der Waals surface area contributed by atoms with Gasteiger partial charge in [-0.25, -0.2) is 0 Å². The highest BCUT2D eigenvalue weighted by Gasteiger charge is 2.12. The Labute approximate surface area is 176 Å². The van der Waals surface area contributed by atoms with E-state index in [1.807, 2.05) is 30.3 Å². The number of hydrogen-bond acceptors (Lipinski definition) is 5. The van der Waals surface area contributed by atoms with Crippen molar-refractivity contribution in [2.45, 2.75) is 17.7 Å². The fraction of sp³-hybridized carbons (Fsp3) is 0.300. The van der Waals surface area contributed by atoms with Crippen LogP contribution in [0.1, 0.15) is 23.2 Å². The lowest BCUT2D eigenvalue weighted by Crippen LogP contribution is -2.25. The van der Waals surface area contributed by atoms with Gasteiger partial charge < -0.3 is 21.1 Å². The van der Waals surface area contributed by atoms with Gasteiger partial charge in [-0.05, 0) is 43.7 Å². The number of thioether (sulfide) groups is 1. The maximum atomic E-state index is 12.4. The molecule has 0 atom stereocenters. The third-order valence-electron chi connectivity index (χ3n) is 3.76. The van der Waals surface area contributed by atoms with Crippen molar-refractivity contribution >= 4 is 41.7 Å². The zero-order valence-corrected chi connectivity index (χ0v) is 17.4. The predicted octanol–water partition coefficient (Wildman–Crippen LogP) is 3.32. The van der Waals surface area contributed by atoms with Gasteiger partial charge in [0.05, 0.1) is 18.4 Å². The molecular formula is C20H26ClN3O3S. The summed E-state index contributed by atoms with van der Waals surface area (Å²) in [7, 11) is 1.58. The van der Waals surface area contributed by atoms with Crippen LogP contribution in [0.2, 0.25) is 0 Å². The molecule has 0 bridgehead atoms. The highest BCUT2D eigenvalue weighted by molar-refractivity contribution is 8.00. The summed E-state index contributed by atoms with van der Waals surface area (Å²) in [5, 5.41) is 5.72. The van der Waals surface area contributed by atoms with Crippen LogP contribution < -0.4 is 21.1 Å². The van der Waals surface area contributed by atoms with Crippen LogP contribution in [-0.4, -0.2) is 37.8 Å². The van der Waals surface area contributed by atoms with E-state index in [4.69, 9.17) is 10.5 Å². The van der Waals surface area contributed by atoms with Gasteiger partial charge in [-0.2, -0.15) is 0 Å². The second kappa shape index (κ2) is 13.0. The van der Waals surface area contributed by atoms with Gasteiger partial charge in [-0.1, -0.05) is 18.2 Å². The quantitative estimate of drug-likeness (QED) is 0.402. The number of nitrogens with one attached hydrogen (secondary N) is 2. The van der Waals surface area contributed by atoms with E-state index in [1.54, 1.807) is 25.3 Å². The maximum absolute atomic E-state index is 12.4. The number of hydrogen-bond donors (Lipinski definition) is 3. The van der Waals surface area contributed by atoms with Gasteiger partial charge in [0.1, 0.15) is 5.75 Å². The molecule has 8 heteroatoms. The molecule has 0 fully saturated rings. The molecule has 4 N–H and O–H groups in total. The summed E-state index contributed by atoms with van der Waals surface area (Å²) in [5.74, 6) is 0.598. The first kappa shape index (κ1) is 23.8. The van der Waals surface area contributed by atoms with Gasteiger partial charge in [0.25, 0.3) is 5.91 Å². The Morgan fingerprint density at radius 1 is 1.11 bits per heavy atom. The van der Waals surface area contributed by atoms with Crippen molar-refractivity contribution in [3.05, 3.63) is 54.1 Å². The van der Waals surface area contributed by atoms with Crippen molar-refractivity contribution in [1.29, 1.82) is 0 Å². The van der Waals surface area contributed by atoms with Crippen LogP contribution in [0.3, 0.4) is 0 Å². The van der Waals surface area contributed by atoms with E-state index >= 15 is 0 Å². The van der Waals surface area contributed by atoms with Crippen LogP contribution in [0.25, 0.3) is 0 Å². The van der Waals surface area contributed by atoms with Crippen molar-refractivity contribution in [2.24, 2.45) is 5.73 Å². The molecule has 0 spiro atoms. The smallest absolute Gasteiger partial charge is 0.252 e. The van der Waals surface area contributed by atoms with E-state index in [-0.39, 0.29) is 30.0 Å². The molecule has 2 amide bonds. The monoisotopic (exact) mass is 423 g/mol. The van der Waals surface area contributed by atoms with E-state index in [1.165, 1.54) is 11.8 Å². The van der Waals surface area contributed by atoms with Gasteiger partial charge in [0.15, 0.2) is 0 Å². The van der Waals surface area contributed by atoms with Crippen LogP contribution >= 0.6 is 24.2 Å². The number of anilines is 1. The minimum atomic E-state index is -0.147. The molecule has 0 heterocycles. The van der Waals surface area contributed by atoms with Gasteiger partial charge >= 0.3 is 0 Å². The molecule has 0 aliphatic heterocycles. The van der Waals surface area contributed by atoms with E-state index in [9.17, 15) is 9.59 Å². The van der Waals surface area contributed by atoms with Gasteiger partial charge in [-0.15, -0.1) is 24.2 Å². The average molecular weight is 424 g/mol. The van der Waals surface area contributed by atoms with E-state index in [0.29, 0.717) is 30.1 Å². The normalized spacial score (nSPS) is 9.93. The van der Waals surface area contributed by atoms with Crippen molar-refractivity contribution < 1.29 is 14.3 Å². The number of halogens is 1. The Morgan fingerprint density at radius 3 is 2.64 bits per heavy atom. The summed E-state index contributed by atoms with van der Waals surface area (Å²) in [6, 6.07) is 14.5. The molecule has 28 heavy (non-hydrogen) atoms. The second-order valence-corrected chi connectivity index (χ2v) is 6.83. The molecule has 0 unspecified atom stereocenters. The Morgan fingerprint density at radius 2 is 1.89 bits per heavy atom. The zero-order chi connectivity index (χ0) is 19.5. The third-order valence-corrected chi connectivity index (χ3v) is 4.83. The predicted molar refractivity (Wildman–Crippen MR) is 117 cm³/mol. The second-order valence-electron chi connectivity index (χ2n) is 5.82. The molecule has 0 saturated carbocycles. The summed E-state index contributed by atoms with van der Waals surface area (Å²) in [4.78, 5) is 25.4. The van der Waals surface area contributed by atoms with Crippen LogP contribution in [0, 0.1) is 0 Å². The summed E-state index contributed by atoms with van der Waals surface area (Å²) >= 11 is 1.33. The lowest BCUT2D eigenvalue weighted by Gasteiger charge is -2.10. The van der Waals surface area contributed by atoms with Crippen molar-refractivity contribution in [2.75, 3.05) is 31.3 Å². The van der Waals surface area contributed by atoms with Crippen LogP contribution in [0.4, 0.5) is 5.69 Å². The average Bonchev–Trinajstić information content (AvgIpc) is 2.70. The summed E-state index contributed by atoms with van der Waals surface area (Å²) < 4.78 is 5.15. The van der Waals surface area contributed by atoms with Gasteiger partial charge in [0, 0.05) is 23.2 Å². The minimum Gasteiger partial charge on any atom is -0.497 e. The number of rotatable bonds is 10. The Kier molecular flexibility index (Phi) is 11.1. The molecule has 2 rings (SSSR count). The fourth-order valence-electron chi connectivity index (χ4n) is 2.39. The van der Waals surface area contributed by atoms with E-state index in [0.717, 1.165) is 17.7 Å². The Balaban J connectivity index is 0.00000392. The summed E-state index contributed by atoms with van der Waals surface area (Å²) in [5.41, 5.74) is 6.70. The molecule has 0 aliphatic carbocycles. The highest BCUT2D eigenvalue weighted by atomic mass is 35.5. The SMILES string of the molecule is COc1cccc(NC(=O)CSc2ccccc2C(=O)NCCCCN)c1.Cl. The Bertz CT molecular complexity index is 774. The lowest BCUT2D eigenvalue weighted by molar-refractivity contribution is -0.113. The van der Waals surface area contributed by atoms with Crippen LogP contribution in [0.5, 0.6) is 5.75 Å². The zero-order valence-electron chi connectivity index (χ0n) is 15.8. The third kappa shape index (κ3) is 7.80. The number of amides is 2. The molecule has 152 valence electrons. The first-order valence-corrected chi connectivity index (χ1v) is 9.76. The molecule has 6 nitrogen and oxygen atoms in total. The topological polar surface area (TPSA) is 93.4 Å². The van der Waals surface area contributed by atoms with Crippen molar-refractivity contribution in [1.82, 2.24) is 5.32 Å². The first-order valence-electron chi connectivity index (χ1n) is 8.78. The molecule has 0 aromatic heterocycles. The fourth-order valence-corrected chi connectivity index (χ4v) is 3.24. The largest absolute Gasteiger partial charge is 0.497 e. The van der Waals surface area contributed by atoms with Gasteiger partial charge in [0.2, 0.25) is 5.91 Å². The number of benzene rings is 2. The molecule has 0 aliphatic rings. The van der Waals surface area contributed by atoms with E-state index < -0.39 is 0 Å². The Hall–Kier alpha value is -2.22. The number of unbranched alkanes of at least 4 members (excludes halogenated alkanes) is 1. The number of ether oxygens (including phenoxy) is 1. The molecule has 2 aromatic rings. The van der Waals surface area contributed by atoms with Gasteiger partial charge in [-0.3, -0.25) is 9.59 Å². The lowest BCUT2D eigenvalue weighted by atomic mass is 10.2. The first-order chi connectivity index (χ1) is 13.1. The number of methoxy groups -OCH3 is 1. The molecule has 0 radical (unpaired) electrons. The number of nitrogens with two attached hydrogens (primary N) is 1. The maximum Gasteiger partial charge on any atom is 0.252 e. The standard InChI is InChI=1S/C20H25N3O3S.ClH/c1-26-16-8-6-7-15(13-16)23-19(24)14-27-18-10-3-2-9-17(18)20(25)22-12-5-4-11-21;/h2-3,6-10,13H,4-5,11-12,14,21H2,1H3,(H,22,25)(H,23,24);1H. The van der Waals surface area contributed by atoms with Crippen molar-refractivity contribution in [3.63, 3.8) is 0 Å². The van der Waals surface area contributed by atoms with Crippen molar-refractivity contribution in [3.8, 4) is 5.75 Å². The molecule has 2 aromatic carbocycles.